The van der Waals surface area contributed by atoms with E-state index in [1.807, 2.05) is 0 Å². The van der Waals surface area contributed by atoms with Crippen molar-refractivity contribution in [1.82, 2.24) is 5.32 Å². The summed E-state index contributed by atoms with van der Waals surface area (Å²) in [6.45, 7) is 7.50. The Morgan fingerprint density at radius 2 is 2.00 bits per heavy atom. The van der Waals surface area contributed by atoms with Gasteiger partial charge in [0.05, 0.1) is 35.9 Å². The number of rotatable bonds is 2. The normalized spacial score (nSPS) is 26.4. The molecule has 0 radical (unpaired) electrons. The molecule has 0 amide bonds. The van der Waals surface area contributed by atoms with Crippen molar-refractivity contribution in [3.8, 4) is 0 Å². The highest BCUT2D eigenvalue weighted by Crippen LogP contribution is 2.43. The van der Waals surface area contributed by atoms with Gasteiger partial charge in [-0.05, 0) is 18.9 Å². The zero-order valence-electron chi connectivity index (χ0n) is 15.2. The number of nitrogens with one attached hydrogen (secondary N) is 1. The van der Waals surface area contributed by atoms with Gasteiger partial charge in [0.2, 0.25) is 0 Å². The third-order valence-electron chi connectivity index (χ3n) is 5.16. The molecule has 8 heteroatoms. The Balaban J connectivity index is 0.000000161. The molecule has 2 aliphatic heterocycles. The average Bonchev–Trinajstić information content (AvgIpc) is 3.09. The van der Waals surface area contributed by atoms with Gasteiger partial charge in [-0.15, -0.1) is 0 Å². The van der Waals surface area contributed by atoms with Crippen molar-refractivity contribution in [3.63, 3.8) is 0 Å². The number of nitro benzene ring substituents is 1. The van der Waals surface area contributed by atoms with Gasteiger partial charge in [-0.25, -0.2) is 4.39 Å². The van der Waals surface area contributed by atoms with E-state index in [0.29, 0.717) is 0 Å². The van der Waals surface area contributed by atoms with Crippen LogP contribution in [0.25, 0.3) is 6.08 Å². The Labute approximate surface area is 157 Å². The summed E-state index contributed by atoms with van der Waals surface area (Å²) in [6.07, 6.45) is 5.33. The van der Waals surface area contributed by atoms with Crippen LogP contribution < -0.4 is 5.32 Å². The van der Waals surface area contributed by atoms with Crippen molar-refractivity contribution in [2.75, 3.05) is 32.9 Å². The summed E-state index contributed by atoms with van der Waals surface area (Å²) in [5.41, 5.74) is -0.353. The van der Waals surface area contributed by atoms with Crippen molar-refractivity contribution in [1.29, 1.82) is 0 Å². The third kappa shape index (κ3) is 4.52. The van der Waals surface area contributed by atoms with Gasteiger partial charge in [0, 0.05) is 32.0 Å². The molecule has 148 valence electrons. The first kappa shape index (κ1) is 19.9. The number of nitro groups is 1. The molecule has 0 bridgehead atoms. The third-order valence-corrected chi connectivity index (χ3v) is 5.16. The van der Waals surface area contributed by atoms with Crippen LogP contribution in [0.4, 0.5) is 10.1 Å². The van der Waals surface area contributed by atoms with E-state index in [1.165, 1.54) is 12.1 Å². The summed E-state index contributed by atoms with van der Waals surface area (Å²) in [4.78, 5) is 9.69. The van der Waals surface area contributed by atoms with E-state index in [-0.39, 0.29) is 22.6 Å². The molecule has 1 aromatic carbocycles. The summed E-state index contributed by atoms with van der Waals surface area (Å²) in [7, 11) is 0. The van der Waals surface area contributed by atoms with Crippen LogP contribution >= 0.6 is 0 Å². The monoisotopic (exact) mass is 380 g/mol. The molecule has 3 fully saturated rings. The molecule has 27 heavy (non-hydrogen) atoms. The van der Waals surface area contributed by atoms with Gasteiger partial charge >= 0.3 is 0 Å². The number of ether oxygens (including phenoxy) is 3. The predicted octanol–water partition coefficient (Wildman–Crippen LogP) is 3.04. The summed E-state index contributed by atoms with van der Waals surface area (Å²) < 4.78 is 30.4. The molecular formula is C19H25FN2O5. The molecule has 2 saturated heterocycles. The fraction of sp³-hybridized carbons (Fsp3) is 0.579. The zero-order valence-corrected chi connectivity index (χ0v) is 15.2. The Morgan fingerprint density at radius 1 is 1.22 bits per heavy atom. The molecule has 2 heterocycles. The standard InChI is InChI=1S/C11H19NO3.C8H6FNO2/c1-2-10(9-12-4-5-13-10)8-11(3-1)14-6-7-15-11;1-2-6-7(9)4-3-5-8(6)10(11)12/h12H,1-9H2;2-5H,1H2. The van der Waals surface area contributed by atoms with Crippen LogP contribution in [0.1, 0.15) is 31.2 Å². The van der Waals surface area contributed by atoms with Crippen LogP contribution in [0.15, 0.2) is 24.8 Å². The predicted molar refractivity (Wildman–Crippen MR) is 97.8 cm³/mol. The van der Waals surface area contributed by atoms with Gasteiger partial charge in [-0.2, -0.15) is 0 Å². The lowest BCUT2D eigenvalue weighted by atomic mass is 9.80. The second-order valence-electron chi connectivity index (χ2n) is 6.98. The van der Waals surface area contributed by atoms with E-state index in [2.05, 4.69) is 11.9 Å². The maximum atomic E-state index is 12.8. The van der Waals surface area contributed by atoms with Crippen molar-refractivity contribution in [3.05, 3.63) is 46.3 Å². The summed E-state index contributed by atoms with van der Waals surface area (Å²) in [5, 5.41) is 13.7. The van der Waals surface area contributed by atoms with Crippen molar-refractivity contribution >= 4 is 11.8 Å². The van der Waals surface area contributed by atoms with Gasteiger partial charge < -0.3 is 19.5 Å². The van der Waals surface area contributed by atoms with E-state index in [4.69, 9.17) is 14.2 Å². The molecule has 1 N–H and O–H groups in total. The van der Waals surface area contributed by atoms with Gasteiger partial charge in [-0.3, -0.25) is 10.1 Å². The largest absolute Gasteiger partial charge is 0.372 e. The molecule has 7 nitrogen and oxygen atoms in total. The van der Waals surface area contributed by atoms with Gasteiger partial charge in [-0.1, -0.05) is 18.7 Å². The van der Waals surface area contributed by atoms with Crippen LogP contribution in [0.2, 0.25) is 0 Å². The van der Waals surface area contributed by atoms with Crippen molar-refractivity contribution in [2.45, 2.75) is 37.1 Å². The lowest BCUT2D eigenvalue weighted by Crippen LogP contribution is -2.56. The van der Waals surface area contributed by atoms with Gasteiger partial charge in [0.25, 0.3) is 5.69 Å². The van der Waals surface area contributed by atoms with Gasteiger partial charge in [0.15, 0.2) is 5.79 Å². The number of hydrogen-bond acceptors (Lipinski definition) is 6. The maximum Gasteiger partial charge on any atom is 0.279 e. The average molecular weight is 380 g/mol. The van der Waals surface area contributed by atoms with Gasteiger partial charge in [0.1, 0.15) is 5.82 Å². The fourth-order valence-electron chi connectivity index (χ4n) is 3.96. The zero-order chi connectivity index (χ0) is 19.3. The highest BCUT2D eigenvalue weighted by molar-refractivity contribution is 5.59. The molecular weight excluding hydrogens is 355 g/mol. The van der Waals surface area contributed by atoms with E-state index < -0.39 is 10.7 Å². The van der Waals surface area contributed by atoms with E-state index in [1.54, 1.807) is 0 Å². The second-order valence-corrected chi connectivity index (χ2v) is 6.98. The summed E-state index contributed by atoms with van der Waals surface area (Å²) in [6, 6.07) is 3.69. The Hall–Kier alpha value is -1.87. The fourth-order valence-corrected chi connectivity index (χ4v) is 3.96. The smallest absolute Gasteiger partial charge is 0.279 e. The first-order chi connectivity index (χ1) is 13.0. The van der Waals surface area contributed by atoms with Crippen molar-refractivity contribution in [2.24, 2.45) is 0 Å². The van der Waals surface area contributed by atoms with Crippen LogP contribution in [-0.2, 0) is 14.2 Å². The molecule has 0 aromatic heterocycles. The summed E-state index contributed by atoms with van der Waals surface area (Å²) in [5.74, 6) is -0.948. The molecule has 2 spiro atoms. The molecule has 1 atom stereocenters. The second kappa shape index (κ2) is 8.43. The van der Waals surface area contributed by atoms with Crippen LogP contribution in [0.3, 0.4) is 0 Å². The highest BCUT2D eigenvalue weighted by Gasteiger charge is 2.49. The molecule has 4 rings (SSSR count). The maximum absolute atomic E-state index is 12.8. The highest BCUT2D eigenvalue weighted by atomic mass is 19.1. The van der Waals surface area contributed by atoms with Crippen LogP contribution in [-0.4, -0.2) is 49.2 Å². The quantitative estimate of drug-likeness (QED) is 0.627. The lowest BCUT2D eigenvalue weighted by molar-refractivity contribution is -0.385. The van der Waals surface area contributed by atoms with Crippen molar-refractivity contribution < 1.29 is 23.5 Å². The van der Waals surface area contributed by atoms with E-state index in [9.17, 15) is 14.5 Å². The van der Waals surface area contributed by atoms with E-state index >= 15 is 0 Å². The number of hydrogen-bond donors (Lipinski definition) is 1. The molecule has 1 unspecified atom stereocenters. The first-order valence-corrected chi connectivity index (χ1v) is 9.17. The van der Waals surface area contributed by atoms with E-state index in [0.717, 1.165) is 70.7 Å². The Kier molecular flexibility index (Phi) is 6.21. The summed E-state index contributed by atoms with van der Waals surface area (Å²) >= 11 is 0. The topological polar surface area (TPSA) is 82.9 Å². The molecule has 1 saturated carbocycles. The minimum Gasteiger partial charge on any atom is -0.372 e. The minimum atomic E-state index is -0.639. The molecule has 3 aliphatic rings. The molecule has 1 aromatic rings. The molecule has 1 aliphatic carbocycles. The SMILES string of the molecule is C1CC2(CNCCO2)CC2(C1)OCCO2.C=Cc1c(F)cccc1[N+](=O)[O-]. The Morgan fingerprint density at radius 3 is 2.59 bits per heavy atom. The number of nitrogens with zero attached hydrogens (tertiary/aromatic N) is 1. The lowest BCUT2D eigenvalue weighted by Gasteiger charge is -2.46. The number of morpholine rings is 1. The number of benzene rings is 1. The van der Waals surface area contributed by atoms with Crippen LogP contribution in [0.5, 0.6) is 0 Å². The Bertz CT molecular complexity index is 679. The van der Waals surface area contributed by atoms with Crippen LogP contribution in [0, 0.1) is 15.9 Å². The first-order valence-electron chi connectivity index (χ1n) is 9.17. The minimum absolute atomic E-state index is 0.0269. The number of halogens is 1.